The van der Waals surface area contributed by atoms with Crippen molar-refractivity contribution in [3.63, 3.8) is 0 Å². The zero-order chi connectivity index (χ0) is 17.8. The van der Waals surface area contributed by atoms with E-state index in [-0.39, 0.29) is 6.04 Å². The Bertz CT molecular complexity index is 843. The molecule has 0 unspecified atom stereocenters. The second-order valence-electron chi connectivity index (χ2n) is 6.46. The number of anilines is 1. The van der Waals surface area contributed by atoms with Crippen molar-refractivity contribution in [1.29, 1.82) is 0 Å². The summed E-state index contributed by atoms with van der Waals surface area (Å²) in [5, 5.41) is 4.78. The molecule has 1 aromatic heterocycles. The number of likely N-dealkylation sites (N-methyl/N-ethyl adjacent to an activating group) is 1. The van der Waals surface area contributed by atoms with E-state index in [0.717, 1.165) is 34.6 Å². The van der Waals surface area contributed by atoms with E-state index in [4.69, 9.17) is 4.74 Å². The number of nitrogens with zero attached hydrogens (tertiary/aromatic N) is 2. The van der Waals surface area contributed by atoms with Gasteiger partial charge < -0.3 is 15.0 Å². The van der Waals surface area contributed by atoms with Gasteiger partial charge in [-0.3, -0.25) is 4.98 Å². The van der Waals surface area contributed by atoms with E-state index in [2.05, 4.69) is 65.7 Å². The second-order valence-corrected chi connectivity index (χ2v) is 6.46. The van der Waals surface area contributed by atoms with Crippen molar-refractivity contribution in [2.24, 2.45) is 0 Å². The van der Waals surface area contributed by atoms with E-state index >= 15 is 0 Å². The molecule has 4 nitrogen and oxygen atoms in total. The third-order valence-electron chi connectivity index (χ3n) is 4.45. The van der Waals surface area contributed by atoms with Gasteiger partial charge in [-0.15, -0.1) is 0 Å². The van der Waals surface area contributed by atoms with Gasteiger partial charge in [0.05, 0.1) is 18.7 Å². The highest BCUT2D eigenvalue weighted by Gasteiger charge is 2.15. The molecule has 0 aliphatic carbocycles. The van der Waals surface area contributed by atoms with Crippen LogP contribution in [0.3, 0.4) is 0 Å². The number of pyridine rings is 1. The summed E-state index contributed by atoms with van der Waals surface area (Å²) in [6, 6.07) is 18.9. The molecule has 0 amide bonds. The smallest absolute Gasteiger partial charge is 0.118 e. The van der Waals surface area contributed by atoms with Gasteiger partial charge in [0.15, 0.2) is 0 Å². The molecule has 0 spiro atoms. The molecule has 0 saturated carbocycles. The molecule has 1 heterocycles. The van der Waals surface area contributed by atoms with E-state index in [0.29, 0.717) is 0 Å². The predicted molar refractivity (Wildman–Crippen MR) is 104 cm³/mol. The first kappa shape index (κ1) is 17.2. The standard InChI is InChI=1S/C21H25N3O/c1-15-13-20(18-7-5-6-8-19(18)23-15)22-14-21(24(2)3)16-9-11-17(25-4)12-10-16/h5-13,21H,14H2,1-4H3,(H,22,23)/t21-/m1/s1. The van der Waals surface area contributed by atoms with Crippen LogP contribution in [-0.4, -0.2) is 37.6 Å². The summed E-state index contributed by atoms with van der Waals surface area (Å²) in [6.45, 7) is 2.84. The molecule has 2 aromatic carbocycles. The number of hydrogen-bond donors (Lipinski definition) is 1. The third-order valence-corrected chi connectivity index (χ3v) is 4.45. The van der Waals surface area contributed by atoms with Crippen LogP contribution in [-0.2, 0) is 0 Å². The third kappa shape index (κ3) is 3.91. The number of benzene rings is 2. The van der Waals surface area contributed by atoms with Crippen LogP contribution >= 0.6 is 0 Å². The Morgan fingerprint density at radius 2 is 1.80 bits per heavy atom. The van der Waals surface area contributed by atoms with Gasteiger partial charge in [0.25, 0.3) is 0 Å². The molecule has 0 fully saturated rings. The minimum atomic E-state index is 0.262. The maximum absolute atomic E-state index is 5.26. The van der Waals surface area contributed by atoms with Crippen molar-refractivity contribution < 1.29 is 4.74 Å². The Labute approximate surface area is 149 Å². The molecule has 130 valence electrons. The van der Waals surface area contributed by atoms with E-state index < -0.39 is 0 Å². The molecule has 0 aliphatic heterocycles. The number of methoxy groups -OCH3 is 1. The van der Waals surface area contributed by atoms with Crippen LogP contribution in [0.5, 0.6) is 5.75 Å². The summed E-state index contributed by atoms with van der Waals surface area (Å²) in [5.41, 5.74) is 4.43. The fraction of sp³-hybridized carbons (Fsp3) is 0.286. The summed E-state index contributed by atoms with van der Waals surface area (Å²) in [7, 11) is 5.90. The molecule has 25 heavy (non-hydrogen) atoms. The lowest BCUT2D eigenvalue weighted by Crippen LogP contribution is -2.26. The van der Waals surface area contributed by atoms with Crippen LogP contribution in [0.25, 0.3) is 10.9 Å². The van der Waals surface area contributed by atoms with Gasteiger partial charge >= 0.3 is 0 Å². The van der Waals surface area contributed by atoms with Gasteiger partial charge in [-0.1, -0.05) is 30.3 Å². The number of fused-ring (bicyclic) bond motifs is 1. The van der Waals surface area contributed by atoms with Crippen LogP contribution in [0, 0.1) is 6.92 Å². The van der Waals surface area contributed by atoms with E-state index in [1.165, 1.54) is 5.56 Å². The zero-order valence-electron chi connectivity index (χ0n) is 15.3. The average Bonchev–Trinajstić information content (AvgIpc) is 2.62. The minimum absolute atomic E-state index is 0.262. The summed E-state index contributed by atoms with van der Waals surface area (Å²) in [4.78, 5) is 6.84. The molecule has 0 saturated heterocycles. The van der Waals surface area contributed by atoms with Gasteiger partial charge in [0, 0.05) is 23.3 Å². The molecular weight excluding hydrogens is 310 g/mol. The average molecular weight is 335 g/mol. The largest absolute Gasteiger partial charge is 0.497 e. The van der Waals surface area contributed by atoms with Crippen molar-refractivity contribution in [3.8, 4) is 5.75 Å². The van der Waals surface area contributed by atoms with E-state index in [1.54, 1.807) is 7.11 Å². The molecule has 3 rings (SSSR count). The molecule has 0 bridgehead atoms. The van der Waals surface area contributed by atoms with Gasteiger partial charge in [0.2, 0.25) is 0 Å². The number of rotatable bonds is 6. The zero-order valence-corrected chi connectivity index (χ0v) is 15.3. The van der Waals surface area contributed by atoms with Gasteiger partial charge in [-0.25, -0.2) is 0 Å². The van der Waals surface area contributed by atoms with Gasteiger partial charge in [0.1, 0.15) is 5.75 Å². The predicted octanol–water partition coefficient (Wildman–Crippen LogP) is 4.27. The second kappa shape index (κ2) is 7.53. The van der Waals surface area contributed by atoms with Crippen LogP contribution < -0.4 is 10.1 Å². The van der Waals surface area contributed by atoms with Crippen LogP contribution in [0.1, 0.15) is 17.3 Å². The SMILES string of the molecule is COc1ccc([C@@H](CNc2cc(C)nc3ccccc23)N(C)C)cc1. The van der Waals surface area contributed by atoms with Crippen LogP contribution in [0.15, 0.2) is 54.6 Å². The Morgan fingerprint density at radius 1 is 1.08 bits per heavy atom. The molecule has 3 aromatic rings. The maximum atomic E-state index is 5.26. The first-order chi connectivity index (χ1) is 12.1. The van der Waals surface area contributed by atoms with Crippen molar-refractivity contribution in [2.75, 3.05) is 33.1 Å². The van der Waals surface area contributed by atoms with Gasteiger partial charge in [-0.2, -0.15) is 0 Å². The first-order valence-corrected chi connectivity index (χ1v) is 8.49. The Balaban J connectivity index is 1.84. The lowest BCUT2D eigenvalue weighted by Gasteiger charge is -2.26. The maximum Gasteiger partial charge on any atom is 0.118 e. The monoisotopic (exact) mass is 335 g/mol. The fourth-order valence-corrected chi connectivity index (χ4v) is 3.09. The van der Waals surface area contributed by atoms with Crippen molar-refractivity contribution in [2.45, 2.75) is 13.0 Å². The van der Waals surface area contributed by atoms with E-state index in [9.17, 15) is 0 Å². The minimum Gasteiger partial charge on any atom is -0.497 e. The Morgan fingerprint density at radius 3 is 2.48 bits per heavy atom. The van der Waals surface area contributed by atoms with Gasteiger partial charge in [-0.05, 0) is 50.8 Å². The molecule has 1 atom stereocenters. The summed E-state index contributed by atoms with van der Waals surface area (Å²) in [6.07, 6.45) is 0. The summed E-state index contributed by atoms with van der Waals surface area (Å²) in [5.74, 6) is 0.880. The number of aromatic nitrogens is 1. The number of nitrogens with one attached hydrogen (secondary N) is 1. The number of ether oxygens (including phenoxy) is 1. The normalized spacial score (nSPS) is 12.4. The number of aryl methyl sites for hydroxylation is 1. The molecular formula is C21H25N3O. The lowest BCUT2D eigenvalue weighted by molar-refractivity contribution is 0.311. The van der Waals surface area contributed by atoms with Crippen molar-refractivity contribution >= 4 is 16.6 Å². The first-order valence-electron chi connectivity index (χ1n) is 8.49. The Hall–Kier alpha value is -2.59. The lowest BCUT2D eigenvalue weighted by atomic mass is 10.1. The molecule has 4 heteroatoms. The fourth-order valence-electron chi connectivity index (χ4n) is 3.09. The number of hydrogen-bond acceptors (Lipinski definition) is 4. The van der Waals surface area contributed by atoms with Crippen molar-refractivity contribution in [1.82, 2.24) is 9.88 Å². The van der Waals surface area contributed by atoms with Crippen LogP contribution in [0.4, 0.5) is 5.69 Å². The summed E-state index contributed by atoms with van der Waals surface area (Å²) < 4.78 is 5.26. The highest BCUT2D eigenvalue weighted by Crippen LogP contribution is 2.26. The quantitative estimate of drug-likeness (QED) is 0.730. The molecule has 1 N–H and O–H groups in total. The number of para-hydroxylation sites is 1. The topological polar surface area (TPSA) is 37.4 Å². The van der Waals surface area contributed by atoms with E-state index in [1.807, 2.05) is 25.1 Å². The van der Waals surface area contributed by atoms with Crippen molar-refractivity contribution in [3.05, 3.63) is 65.9 Å². The molecule has 0 radical (unpaired) electrons. The van der Waals surface area contributed by atoms with Crippen LogP contribution in [0.2, 0.25) is 0 Å². The Kier molecular flexibility index (Phi) is 5.19. The summed E-state index contributed by atoms with van der Waals surface area (Å²) >= 11 is 0. The molecule has 0 aliphatic rings. The highest BCUT2D eigenvalue weighted by atomic mass is 16.5. The highest BCUT2D eigenvalue weighted by molar-refractivity contribution is 5.91.